The van der Waals surface area contributed by atoms with E-state index in [0.717, 1.165) is 19.0 Å². The molecular formula is C15H24N2O. The maximum atomic E-state index is 9.46. The van der Waals surface area contributed by atoms with Gasteiger partial charge in [0.1, 0.15) is 0 Å². The molecule has 0 amide bonds. The Hall–Kier alpha value is -0.900. The molecule has 100 valence electrons. The van der Waals surface area contributed by atoms with Crippen molar-refractivity contribution in [1.82, 2.24) is 10.2 Å². The van der Waals surface area contributed by atoms with E-state index in [1.165, 1.54) is 24.0 Å². The summed E-state index contributed by atoms with van der Waals surface area (Å²) in [7, 11) is 4.11. The number of nitrogens with one attached hydrogen (secondary N) is 1. The first-order valence-corrected chi connectivity index (χ1v) is 6.79. The number of aliphatic hydroxyl groups is 1. The molecule has 1 fully saturated rings. The molecule has 2 rings (SSSR count). The van der Waals surface area contributed by atoms with Gasteiger partial charge in [-0.3, -0.25) is 0 Å². The molecular weight excluding hydrogens is 224 g/mol. The molecule has 1 aromatic rings. The normalized spacial score (nSPS) is 17.1. The summed E-state index contributed by atoms with van der Waals surface area (Å²) in [5.74, 6) is 0.799. The summed E-state index contributed by atoms with van der Waals surface area (Å²) in [6.45, 7) is 2.02. The minimum Gasteiger partial charge on any atom is -0.394 e. The van der Waals surface area contributed by atoms with Crippen LogP contribution in [-0.2, 0) is 0 Å². The van der Waals surface area contributed by atoms with Gasteiger partial charge in [0.15, 0.2) is 0 Å². The lowest BCUT2D eigenvalue weighted by Gasteiger charge is -2.18. The van der Waals surface area contributed by atoms with Crippen LogP contribution in [0.15, 0.2) is 24.3 Å². The Morgan fingerprint density at radius 1 is 1.28 bits per heavy atom. The van der Waals surface area contributed by atoms with Gasteiger partial charge in [0, 0.05) is 13.1 Å². The van der Waals surface area contributed by atoms with Crippen molar-refractivity contribution in [1.29, 1.82) is 0 Å². The Balaban J connectivity index is 1.89. The van der Waals surface area contributed by atoms with Gasteiger partial charge in [0.2, 0.25) is 0 Å². The Kier molecular flexibility index (Phi) is 4.75. The third-order valence-electron chi connectivity index (χ3n) is 3.52. The lowest BCUT2D eigenvalue weighted by molar-refractivity contribution is 0.240. The minimum atomic E-state index is 0.0539. The molecule has 0 aromatic heterocycles. The molecule has 1 aromatic carbocycles. The van der Waals surface area contributed by atoms with Gasteiger partial charge in [-0.2, -0.15) is 0 Å². The summed E-state index contributed by atoms with van der Waals surface area (Å²) in [4.78, 5) is 2.14. The molecule has 1 unspecified atom stereocenters. The van der Waals surface area contributed by atoms with Gasteiger partial charge in [-0.25, -0.2) is 0 Å². The summed E-state index contributed by atoms with van der Waals surface area (Å²) in [6, 6.07) is 8.78. The lowest BCUT2D eigenvalue weighted by Crippen LogP contribution is -2.31. The van der Waals surface area contributed by atoms with E-state index in [1.807, 2.05) is 0 Å². The van der Waals surface area contributed by atoms with Crippen molar-refractivity contribution in [3.8, 4) is 0 Å². The van der Waals surface area contributed by atoms with Crippen molar-refractivity contribution in [2.75, 3.05) is 33.8 Å². The lowest BCUT2D eigenvalue weighted by atomic mass is 10.0. The fraction of sp³-hybridized carbons (Fsp3) is 0.600. The van der Waals surface area contributed by atoms with Gasteiger partial charge in [-0.1, -0.05) is 24.3 Å². The SMILES string of the molecule is CN(C)CCNC(CO)c1ccc(C2CC2)cc1. The van der Waals surface area contributed by atoms with Crippen LogP contribution >= 0.6 is 0 Å². The highest BCUT2D eigenvalue weighted by Gasteiger charge is 2.23. The van der Waals surface area contributed by atoms with Gasteiger partial charge in [0.25, 0.3) is 0 Å². The van der Waals surface area contributed by atoms with Crippen LogP contribution in [0.5, 0.6) is 0 Å². The monoisotopic (exact) mass is 248 g/mol. The molecule has 0 aliphatic heterocycles. The van der Waals surface area contributed by atoms with Gasteiger partial charge in [-0.15, -0.1) is 0 Å². The summed E-state index contributed by atoms with van der Waals surface area (Å²) in [5, 5.41) is 12.8. The van der Waals surface area contributed by atoms with E-state index in [2.05, 4.69) is 48.6 Å². The Labute approximate surface area is 110 Å². The molecule has 0 heterocycles. The van der Waals surface area contributed by atoms with Crippen LogP contribution in [0.2, 0.25) is 0 Å². The first kappa shape index (κ1) is 13.5. The van der Waals surface area contributed by atoms with Crippen molar-refractivity contribution in [3.05, 3.63) is 35.4 Å². The number of aliphatic hydroxyl groups excluding tert-OH is 1. The van der Waals surface area contributed by atoms with Gasteiger partial charge < -0.3 is 15.3 Å². The zero-order chi connectivity index (χ0) is 13.0. The minimum absolute atomic E-state index is 0.0539. The molecule has 0 saturated heterocycles. The van der Waals surface area contributed by atoms with Gasteiger partial charge in [0.05, 0.1) is 12.6 Å². The van der Waals surface area contributed by atoms with Crippen LogP contribution in [0.1, 0.15) is 35.9 Å². The molecule has 1 atom stereocenters. The second-order valence-electron chi connectivity index (χ2n) is 5.43. The van der Waals surface area contributed by atoms with Crippen LogP contribution in [0.25, 0.3) is 0 Å². The molecule has 2 N–H and O–H groups in total. The van der Waals surface area contributed by atoms with Crippen LogP contribution in [0.3, 0.4) is 0 Å². The summed E-state index contributed by atoms with van der Waals surface area (Å²) in [6.07, 6.45) is 2.67. The first-order valence-electron chi connectivity index (χ1n) is 6.79. The van der Waals surface area contributed by atoms with E-state index in [4.69, 9.17) is 0 Å². The first-order chi connectivity index (χ1) is 8.70. The molecule has 1 aliphatic rings. The zero-order valence-corrected chi connectivity index (χ0v) is 11.4. The number of rotatable bonds is 7. The second kappa shape index (κ2) is 6.32. The molecule has 1 aliphatic carbocycles. The average Bonchev–Trinajstić information content (AvgIpc) is 3.19. The van der Waals surface area contributed by atoms with Crippen molar-refractivity contribution in [2.24, 2.45) is 0 Å². The number of nitrogens with zero attached hydrogens (tertiary/aromatic N) is 1. The van der Waals surface area contributed by atoms with Crippen molar-refractivity contribution >= 4 is 0 Å². The highest BCUT2D eigenvalue weighted by Crippen LogP contribution is 2.40. The molecule has 0 spiro atoms. The summed E-state index contributed by atoms with van der Waals surface area (Å²) >= 11 is 0. The van der Waals surface area contributed by atoms with Gasteiger partial charge >= 0.3 is 0 Å². The van der Waals surface area contributed by atoms with Crippen molar-refractivity contribution in [2.45, 2.75) is 24.8 Å². The Bertz CT molecular complexity index is 357. The van der Waals surface area contributed by atoms with E-state index in [9.17, 15) is 5.11 Å². The fourth-order valence-corrected chi connectivity index (χ4v) is 2.17. The zero-order valence-electron chi connectivity index (χ0n) is 11.4. The molecule has 1 saturated carbocycles. The van der Waals surface area contributed by atoms with E-state index in [0.29, 0.717) is 0 Å². The van der Waals surface area contributed by atoms with Crippen LogP contribution in [0.4, 0.5) is 0 Å². The smallest absolute Gasteiger partial charge is 0.0626 e. The van der Waals surface area contributed by atoms with Crippen LogP contribution < -0.4 is 5.32 Å². The molecule has 3 nitrogen and oxygen atoms in total. The maximum Gasteiger partial charge on any atom is 0.0626 e. The van der Waals surface area contributed by atoms with E-state index in [-0.39, 0.29) is 12.6 Å². The number of likely N-dealkylation sites (N-methyl/N-ethyl adjacent to an activating group) is 1. The van der Waals surface area contributed by atoms with Crippen molar-refractivity contribution in [3.63, 3.8) is 0 Å². The third-order valence-corrected chi connectivity index (χ3v) is 3.52. The van der Waals surface area contributed by atoms with E-state index >= 15 is 0 Å². The topological polar surface area (TPSA) is 35.5 Å². The summed E-state index contributed by atoms with van der Waals surface area (Å²) < 4.78 is 0. The van der Waals surface area contributed by atoms with Crippen molar-refractivity contribution < 1.29 is 5.11 Å². The largest absolute Gasteiger partial charge is 0.394 e. The molecule has 0 bridgehead atoms. The number of benzene rings is 1. The van der Waals surface area contributed by atoms with Crippen LogP contribution in [0, 0.1) is 0 Å². The Morgan fingerprint density at radius 3 is 2.44 bits per heavy atom. The molecule has 0 radical (unpaired) electrons. The van der Waals surface area contributed by atoms with Crippen LogP contribution in [-0.4, -0.2) is 43.8 Å². The second-order valence-corrected chi connectivity index (χ2v) is 5.43. The maximum absolute atomic E-state index is 9.46. The third kappa shape index (κ3) is 3.80. The van der Waals surface area contributed by atoms with E-state index in [1.54, 1.807) is 0 Å². The number of hydrogen-bond donors (Lipinski definition) is 2. The van der Waals surface area contributed by atoms with Gasteiger partial charge in [-0.05, 0) is 44.0 Å². The highest BCUT2D eigenvalue weighted by atomic mass is 16.3. The quantitative estimate of drug-likeness (QED) is 0.771. The highest BCUT2D eigenvalue weighted by molar-refractivity contribution is 5.29. The predicted molar refractivity (Wildman–Crippen MR) is 74.8 cm³/mol. The molecule has 3 heteroatoms. The Morgan fingerprint density at radius 2 is 1.94 bits per heavy atom. The average molecular weight is 248 g/mol. The standard InChI is InChI=1S/C15H24N2O/c1-17(2)10-9-16-15(11-18)14-7-5-13(6-8-14)12-3-4-12/h5-8,12,15-16,18H,3-4,9-11H2,1-2H3. The fourth-order valence-electron chi connectivity index (χ4n) is 2.17. The molecule has 18 heavy (non-hydrogen) atoms. The predicted octanol–water partition coefficient (Wildman–Crippen LogP) is 1.75. The van der Waals surface area contributed by atoms with E-state index < -0.39 is 0 Å². The summed E-state index contributed by atoms with van der Waals surface area (Å²) in [5.41, 5.74) is 2.63. The number of hydrogen-bond acceptors (Lipinski definition) is 3.